The van der Waals surface area contributed by atoms with E-state index in [0.29, 0.717) is 5.82 Å². The minimum atomic E-state index is -0.479. The van der Waals surface area contributed by atoms with Gasteiger partial charge in [0.05, 0.1) is 7.11 Å². The molecule has 2 rings (SSSR count). The second-order valence-electron chi connectivity index (χ2n) is 3.55. The van der Waals surface area contributed by atoms with Gasteiger partial charge in [-0.05, 0) is 30.0 Å². The molecule has 2 aromatic heterocycles. The van der Waals surface area contributed by atoms with Crippen LogP contribution in [0.3, 0.4) is 0 Å². The molecule has 0 saturated heterocycles. The van der Waals surface area contributed by atoms with E-state index in [4.69, 9.17) is 0 Å². The number of rotatable bonds is 5. The van der Waals surface area contributed by atoms with Gasteiger partial charge in [0.2, 0.25) is 0 Å². The van der Waals surface area contributed by atoms with E-state index in [-0.39, 0.29) is 5.69 Å². The van der Waals surface area contributed by atoms with Crippen molar-refractivity contribution in [1.82, 2.24) is 10.2 Å². The van der Waals surface area contributed by atoms with Crippen LogP contribution in [0.5, 0.6) is 0 Å². The number of ether oxygens (including phenoxy) is 1. The SMILES string of the molecule is COC(=O)c1ccc(NCCc2cccs2)nn1. The van der Waals surface area contributed by atoms with E-state index in [0.717, 1.165) is 13.0 Å². The standard InChI is InChI=1S/C12H13N3O2S/c1-17-12(16)10-4-5-11(15-14-10)13-7-6-9-3-2-8-18-9/h2-5,8H,6-7H2,1H3,(H,13,15). The molecule has 0 saturated carbocycles. The molecule has 0 unspecified atom stereocenters. The molecule has 0 fully saturated rings. The van der Waals surface area contributed by atoms with Gasteiger partial charge in [0.15, 0.2) is 5.69 Å². The van der Waals surface area contributed by atoms with Crippen molar-refractivity contribution in [3.05, 3.63) is 40.2 Å². The summed E-state index contributed by atoms with van der Waals surface area (Å²) < 4.78 is 4.55. The Labute approximate surface area is 109 Å². The number of hydrogen-bond donors (Lipinski definition) is 1. The van der Waals surface area contributed by atoms with E-state index >= 15 is 0 Å². The summed E-state index contributed by atoms with van der Waals surface area (Å²) in [4.78, 5) is 12.5. The predicted octanol–water partition coefficient (Wildman–Crippen LogP) is 1.98. The lowest BCUT2D eigenvalue weighted by molar-refractivity contribution is 0.0593. The summed E-state index contributed by atoms with van der Waals surface area (Å²) in [6.07, 6.45) is 0.943. The number of carbonyl (C=O) groups is 1. The quantitative estimate of drug-likeness (QED) is 0.836. The molecule has 6 heteroatoms. The normalized spacial score (nSPS) is 10.1. The van der Waals surface area contributed by atoms with E-state index in [1.165, 1.54) is 12.0 Å². The van der Waals surface area contributed by atoms with Crippen molar-refractivity contribution in [3.8, 4) is 0 Å². The van der Waals surface area contributed by atoms with Crippen LogP contribution in [0.25, 0.3) is 0 Å². The molecule has 2 aromatic rings. The van der Waals surface area contributed by atoms with Crippen LogP contribution in [0.1, 0.15) is 15.4 Å². The fourth-order valence-electron chi connectivity index (χ4n) is 1.41. The van der Waals surface area contributed by atoms with Gasteiger partial charge in [-0.2, -0.15) is 0 Å². The number of anilines is 1. The van der Waals surface area contributed by atoms with Gasteiger partial charge in [-0.3, -0.25) is 0 Å². The average Bonchev–Trinajstić information content (AvgIpc) is 2.92. The summed E-state index contributed by atoms with van der Waals surface area (Å²) in [6, 6.07) is 7.43. The second kappa shape index (κ2) is 6.11. The Morgan fingerprint density at radius 2 is 2.28 bits per heavy atom. The summed E-state index contributed by atoms with van der Waals surface area (Å²) in [5.74, 6) is 0.173. The molecular weight excluding hydrogens is 250 g/mol. The summed E-state index contributed by atoms with van der Waals surface area (Å²) in [6.45, 7) is 0.784. The Bertz CT molecular complexity index is 497. The largest absolute Gasteiger partial charge is 0.464 e. The Kier molecular flexibility index (Phi) is 4.25. The summed E-state index contributed by atoms with van der Waals surface area (Å²) in [5, 5.41) is 12.9. The Balaban J connectivity index is 1.85. The van der Waals surface area contributed by atoms with Gasteiger partial charge < -0.3 is 10.1 Å². The van der Waals surface area contributed by atoms with Gasteiger partial charge >= 0.3 is 5.97 Å². The maximum absolute atomic E-state index is 11.2. The maximum Gasteiger partial charge on any atom is 0.358 e. The number of methoxy groups -OCH3 is 1. The number of aromatic nitrogens is 2. The maximum atomic E-state index is 11.2. The molecule has 0 aliphatic rings. The predicted molar refractivity (Wildman–Crippen MR) is 69.9 cm³/mol. The van der Waals surface area contributed by atoms with Crippen LogP contribution in [0.15, 0.2) is 29.6 Å². The third kappa shape index (κ3) is 3.27. The highest BCUT2D eigenvalue weighted by atomic mass is 32.1. The Morgan fingerprint density at radius 1 is 1.39 bits per heavy atom. The lowest BCUT2D eigenvalue weighted by atomic mass is 10.3. The molecule has 2 heterocycles. The monoisotopic (exact) mass is 263 g/mol. The zero-order valence-corrected chi connectivity index (χ0v) is 10.7. The molecule has 0 atom stereocenters. The van der Waals surface area contributed by atoms with Crippen LogP contribution in [0.4, 0.5) is 5.82 Å². The lowest BCUT2D eigenvalue weighted by Crippen LogP contribution is -2.09. The van der Waals surface area contributed by atoms with Crippen molar-refractivity contribution < 1.29 is 9.53 Å². The number of esters is 1. The van der Waals surface area contributed by atoms with Crippen LogP contribution in [0.2, 0.25) is 0 Å². The molecule has 0 bridgehead atoms. The molecule has 18 heavy (non-hydrogen) atoms. The first-order chi connectivity index (χ1) is 8.79. The van der Waals surface area contributed by atoms with E-state index < -0.39 is 5.97 Å². The third-order valence-electron chi connectivity index (χ3n) is 2.32. The molecule has 0 radical (unpaired) electrons. The summed E-state index contributed by atoms with van der Waals surface area (Å²) in [7, 11) is 1.32. The van der Waals surface area contributed by atoms with Crippen molar-refractivity contribution in [3.63, 3.8) is 0 Å². The third-order valence-corrected chi connectivity index (χ3v) is 3.25. The molecule has 0 amide bonds. The molecule has 0 spiro atoms. The van der Waals surface area contributed by atoms with Gasteiger partial charge in [0, 0.05) is 11.4 Å². The lowest BCUT2D eigenvalue weighted by Gasteiger charge is -2.04. The highest BCUT2D eigenvalue weighted by Crippen LogP contribution is 2.09. The fourth-order valence-corrected chi connectivity index (χ4v) is 2.12. The first-order valence-corrected chi connectivity index (χ1v) is 6.36. The molecule has 0 aliphatic carbocycles. The van der Waals surface area contributed by atoms with E-state index in [9.17, 15) is 4.79 Å². The van der Waals surface area contributed by atoms with Gasteiger partial charge in [-0.15, -0.1) is 21.5 Å². The van der Waals surface area contributed by atoms with E-state index in [2.05, 4.69) is 31.7 Å². The molecular formula is C12H13N3O2S. The smallest absolute Gasteiger partial charge is 0.358 e. The van der Waals surface area contributed by atoms with Gasteiger partial charge in [0.1, 0.15) is 5.82 Å². The van der Waals surface area contributed by atoms with Crippen LogP contribution < -0.4 is 5.32 Å². The average molecular weight is 263 g/mol. The van der Waals surface area contributed by atoms with Crippen LogP contribution in [-0.2, 0) is 11.2 Å². The van der Waals surface area contributed by atoms with Crippen LogP contribution in [0, 0.1) is 0 Å². The van der Waals surface area contributed by atoms with E-state index in [1.807, 2.05) is 6.07 Å². The molecule has 0 aromatic carbocycles. The summed E-state index contributed by atoms with van der Waals surface area (Å²) in [5.41, 5.74) is 0.210. The first-order valence-electron chi connectivity index (χ1n) is 5.48. The fraction of sp³-hybridized carbons (Fsp3) is 0.250. The highest BCUT2D eigenvalue weighted by molar-refractivity contribution is 7.09. The van der Waals surface area contributed by atoms with Crippen molar-refractivity contribution >= 4 is 23.1 Å². The number of thiophene rings is 1. The minimum absolute atomic E-state index is 0.210. The molecule has 0 aliphatic heterocycles. The number of carbonyl (C=O) groups excluding carboxylic acids is 1. The van der Waals surface area contributed by atoms with Gasteiger partial charge in [-0.1, -0.05) is 6.07 Å². The number of nitrogens with zero attached hydrogens (tertiary/aromatic N) is 2. The molecule has 1 N–H and O–H groups in total. The topological polar surface area (TPSA) is 64.1 Å². The molecule has 94 valence electrons. The van der Waals surface area contributed by atoms with Crippen molar-refractivity contribution in [2.24, 2.45) is 0 Å². The highest BCUT2D eigenvalue weighted by Gasteiger charge is 2.07. The Morgan fingerprint density at radius 3 is 2.89 bits per heavy atom. The van der Waals surface area contributed by atoms with Crippen molar-refractivity contribution in [2.75, 3.05) is 19.0 Å². The minimum Gasteiger partial charge on any atom is -0.464 e. The zero-order valence-electron chi connectivity index (χ0n) is 9.92. The van der Waals surface area contributed by atoms with Crippen molar-refractivity contribution in [1.29, 1.82) is 0 Å². The molecule has 5 nitrogen and oxygen atoms in total. The number of nitrogens with one attached hydrogen (secondary N) is 1. The van der Waals surface area contributed by atoms with Gasteiger partial charge in [-0.25, -0.2) is 4.79 Å². The first kappa shape index (κ1) is 12.5. The Hall–Kier alpha value is -1.95. The van der Waals surface area contributed by atoms with E-state index in [1.54, 1.807) is 23.5 Å². The van der Waals surface area contributed by atoms with Crippen LogP contribution >= 0.6 is 11.3 Å². The summed E-state index contributed by atoms with van der Waals surface area (Å²) >= 11 is 1.73. The van der Waals surface area contributed by atoms with Crippen LogP contribution in [-0.4, -0.2) is 29.8 Å². The zero-order chi connectivity index (χ0) is 12.8. The number of hydrogen-bond acceptors (Lipinski definition) is 6. The van der Waals surface area contributed by atoms with Gasteiger partial charge in [0.25, 0.3) is 0 Å². The van der Waals surface area contributed by atoms with Crippen molar-refractivity contribution in [2.45, 2.75) is 6.42 Å². The second-order valence-corrected chi connectivity index (χ2v) is 4.58.